The maximum Gasteiger partial charge on any atom is 0.254 e. The summed E-state index contributed by atoms with van der Waals surface area (Å²) in [6, 6.07) is 3.32. The molecule has 0 bridgehead atoms. The summed E-state index contributed by atoms with van der Waals surface area (Å²) < 4.78 is 10.2. The Hall–Kier alpha value is -2.15. The van der Waals surface area contributed by atoms with Crippen molar-refractivity contribution in [2.75, 3.05) is 47.0 Å². The Bertz CT molecular complexity index is 651. The third-order valence-electron chi connectivity index (χ3n) is 5.22. The van der Waals surface area contributed by atoms with E-state index in [1.807, 2.05) is 4.90 Å². The standard InChI is InChI=1S/C18H25N3O4/c1-24-11-10-20-8-3-5-18(17(20)23)6-9-21(13-18)16(22)14-4-7-19-15(12-14)25-2/h4,7,12H,3,5-6,8-11,13H2,1-2H3. The predicted molar refractivity (Wildman–Crippen MR) is 91.4 cm³/mol. The molecule has 1 atom stereocenters. The smallest absolute Gasteiger partial charge is 0.254 e. The fourth-order valence-electron chi connectivity index (χ4n) is 3.83. The number of carbonyl (C=O) groups is 2. The van der Waals surface area contributed by atoms with Gasteiger partial charge in [-0.3, -0.25) is 9.59 Å². The first-order chi connectivity index (χ1) is 12.1. The van der Waals surface area contributed by atoms with Crippen LogP contribution >= 0.6 is 0 Å². The van der Waals surface area contributed by atoms with Crippen molar-refractivity contribution in [1.82, 2.24) is 14.8 Å². The van der Waals surface area contributed by atoms with Crippen LogP contribution in [0.2, 0.25) is 0 Å². The molecule has 3 heterocycles. The molecule has 2 aliphatic rings. The lowest BCUT2D eigenvalue weighted by Gasteiger charge is -2.39. The van der Waals surface area contributed by atoms with E-state index in [2.05, 4.69) is 4.98 Å². The van der Waals surface area contributed by atoms with E-state index in [1.54, 1.807) is 30.3 Å². The van der Waals surface area contributed by atoms with Gasteiger partial charge in [0, 0.05) is 51.1 Å². The van der Waals surface area contributed by atoms with Gasteiger partial charge < -0.3 is 19.3 Å². The van der Waals surface area contributed by atoms with Crippen LogP contribution in [0.3, 0.4) is 0 Å². The highest BCUT2D eigenvalue weighted by Crippen LogP contribution is 2.40. The van der Waals surface area contributed by atoms with Crippen molar-refractivity contribution in [3.8, 4) is 5.88 Å². The normalized spacial score (nSPS) is 23.4. The lowest BCUT2D eigenvalue weighted by atomic mass is 9.78. The topological polar surface area (TPSA) is 72.0 Å². The van der Waals surface area contributed by atoms with E-state index in [0.29, 0.717) is 37.7 Å². The minimum atomic E-state index is -0.432. The number of rotatable bonds is 5. The zero-order valence-electron chi connectivity index (χ0n) is 14.9. The number of amides is 2. The van der Waals surface area contributed by atoms with Crippen LogP contribution in [-0.4, -0.2) is 73.6 Å². The van der Waals surface area contributed by atoms with Crippen LogP contribution in [0.5, 0.6) is 5.88 Å². The minimum absolute atomic E-state index is 0.0700. The maximum atomic E-state index is 13.0. The molecular weight excluding hydrogens is 322 g/mol. The number of carbonyl (C=O) groups excluding carboxylic acids is 2. The molecule has 1 spiro atoms. The highest BCUT2D eigenvalue weighted by molar-refractivity contribution is 5.95. The molecular formula is C18H25N3O4. The van der Waals surface area contributed by atoms with Crippen molar-refractivity contribution in [2.45, 2.75) is 19.3 Å². The van der Waals surface area contributed by atoms with E-state index in [9.17, 15) is 9.59 Å². The average molecular weight is 347 g/mol. The van der Waals surface area contributed by atoms with Crippen molar-refractivity contribution < 1.29 is 19.1 Å². The van der Waals surface area contributed by atoms with Crippen LogP contribution in [0.1, 0.15) is 29.6 Å². The second kappa shape index (κ2) is 7.39. The summed E-state index contributed by atoms with van der Waals surface area (Å²) in [5.41, 5.74) is 0.113. The second-order valence-corrected chi connectivity index (χ2v) is 6.73. The number of aromatic nitrogens is 1. The summed E-state index contributed by atoms with van der Waals surface area (Å²) in [6.07, 6.45) is 4.11. The molecule has 25 heavy (non-hydrogen) atoms. The molecule has 1 aromatic heterocycles. The molecule has 7 nitrogen and oxygen atoms in total. The number of hydrogen-bond donors (Lipinski definition) is 0. The van der Waals surface area contributed by atoms with Crippen molar-refractivity contribution in [1.29, 1.82) is 0 Å². The molecule has 0 aliphatic carbocycles. The predicted octanol–water partition coefficient (Wildman–Crippen LogP) is 1.19. The van der Waals surface area contributed by atoms with Gasteiger partial charge in [-0.2, -0.15) is 0 Å². The largest absolute Gasteiger partial charge is 0.481 e. The van der Waals surface area contributed by atoms with Crippen molar-refractivity contribution in [3.05, 3.63) is 23.9 Å². The van der Waals surface area contributed by atoms with E-state index in [1.165, 1.54) is 7.11 Å². The Morgan fingerprint density at radius 3 is 2.92 bits per heavy atom. The first-order valence-electron chi connectivity index (χ1n) is 8.67. The van der Waals surface area contributed by atoms with Crippen LogP contribution in [0.15, 0.2) is 18.3 Å². The van der Waals surface area contributed by atoms with E-state index in [-0.39, 0.29) is 11.8 Å². The Morgan fingerprint density at radius 1 is 1.32 bits per heavy atom. The van der Waals surface area contributed by atoms with Gasteiger partial charge in [0.1, 0.15) is 0 Å². The van der Waals surface area contributed by atoms with E-state index in [0.717, 1.165) is 25.8 Å². The number of ether oxygens (including phenoxy) is 2. The van der Waals surface area contributed by atoms with Gasteiger partial charge in [-0.15, -0.1) is 0 Å². The van der Waals surface area contributed by atoms with Crippen LogP contribution < -0.4 is 4.74 Å². The fraction of sp³-hybridized carbons (Fsp3) is 0.611. The molecule has 1 unspecified atom stereocenters. The lowest BCUT2D eigenvalue weighted by molar-refractivity contribution is -0.146. The summed E-state index contributed by atoms with van der Waals surface area (Å²) >= 11 is 0. The summed E-state index contributed by atoms with van der Waals surface area (Å²) in [6.45, 7) is 3.03. The zero-order valence-corrected chi connectivity index (χ0v) is 14.9. The second-order valence-electron chi connectivity index (χ2n) is 6.73. The third kappa shape index (κ3) is 3.46. The lowest BCUT2D eigenvalue weighted by Crippen LogP contribution is -2.51. The SMILES string of the molecule is COCCN1CCCC2(CCN(C(=O)c3ccnc(OC)c3)C2)C1=O. The molecule has 136 valence electrons. The first-order valence-corrected chi connectivity index (χ1v) is 8.67. The monoisotopic (exact) mass is 347 g/mol. The average Bonchev–Trinajstić information content (AvgIpc) is 3.07. The molecule has 2 fully saturated rings. The van der Waals surface area contributed by atoms with Crippen molar-refractivity contribution in [2.24, 2.45) is 5.41 Å². The number of nitrogens with zero attached hydrogens (tertiary/aromatic N) is 3. The van der Waals surface area contributed by atoms with Crippen LogP contribution in [0, 0.1) is 5.41 Å². The van der Waals surface area contributed by atoms with E-state index >= 15 is 0 Å². The van der Waals surface area contributed by atoms with Crippen LogP contribution in [0.4, 0.5) is 0 Å². The number of hydrogen-bond acceptors (Lipinski definition) is 5. The summed E-state index contributed by atoms with van der Waals surface area (Å²) in [4.78, 5) is 33.5. The maximum absolute atomic E-state index is 13.0. The van der Waals surface area contributed by atoms with Gasteiger partial charge in [-0.05, 0) is 25.3 Å². The number of piperidine rings is 1. The van der Waals surface area contributed by atoms with Gasteiger partial charge in [0.2, 0.25) is 11.8 Å². The van der Waals surface area contributed by atoms with Gasteiger partial charge in [0.25, 0.3) is 5.91 Å². The summed E-state index contributed by atoms with van der Waals surface area (Å²) in [7, 11) is 3.17. The molecule has 7 heteroatoms. The fourth-order valence-corrected chi connectivity index (χ4v) is 3.83. The van der Waals surface area contributed by atoms with Crippen molar-refractivity contribution in [3.63, 3.8) is 0 Å². The van der Waals surface area contributed by atoms with Crippen molar-refractivity contribution >= 4 is 11.8 Å². The van der Waals surface area contributed by atoms with Crippen LogP contribution in [-0.2, 0) is 9.53 Å². The van der Waals surface area contributed by atoms with Gasteiger partial charge >= 0.3 is 0 Å². The van der Waals surface area contributed by atoms with Gasteiger partial charge in [-0.25, -0.2) is 4.98 Å². The Morgan fingerprint density at radius 2 is 2.16 bits per heavy atom. The Labute approximate surface area is 147 Å². The third-order valence-corrected chi connectivity index (χ3v) is 5.22. The molecule has 3 rings (SSSR count). The van der Waals surface area contributed by atoms with E-state index < -0.39 is 5.41 Å². The molecule has 0 saturated carbocycles. The number of methoxy groups -OCH3 is 2. The summed E-state index contributed by atoms with van der Waals surface area (Å²) in [5, 5.41) is 0. The highest BCUT2D eigenvalue weighted by Gasteiger charge is 2.49. The molecule has 1 aromatic rings. The van der Waals surface area contributed by atoms with Crippen LogP contribution in [0.25, 0.3) is 0 Å². The molecule has 0 aromatic carbocycles. The molecule has 2 saturated heterocycles. The van der Waals surface area contributed by atoms with E-state index in [4.69, 9.17) is 9.47 Å². The quantitative estimate of drug-likeness (QED) is 0.800. The molecule has 0 radical (unpaired) electrons. The highest BCUT2D eigenvalue weighted by atomic mass is 16.5. The Balaban J connectivity index is 1.71. The summed E-state index contributed by atoms with van der Waals surface area (Å²) in [5.74, 6) is 0.511. The molecule has 0 N–H and O–H groups in total. The van der Waals surface area contributed by atoms with Gasteiger partial charge in [0.15, 0.2) is 0 Å². The Kier molecular flexibility index (Phi) is 5.22. The molecule has 2 amide bonds. The van der Waals surface area contributed by atoms with Gasteiger partial charge in [-0.1, -0.05) is 0 Å². The molecule has 2 aliphatic heterocycles. The zero-order chi connectivity index (χ0) is 17.9. The van der Waals surface area contributed by atoms with Gasteiger partial charge in [0.05, 0.1) is 19.1 Å². The number of pyridine rings is 1. The first kappa shape index (κ1) is 17.7. The minimum Gasteiger partial charge on any atom is -0.481 e. The number of likely N-dealkylation sites (tertiary alicyclic amines) is 2.